The quantitative estimate of drug-likeness (QED) is 0.635. The number of esters is 1. The highest BCUT2D eigenvalue weighted by molar-refractivity contribution is 6.30. The molecular formula is C20H16ClN3O3. The number of pyridine rings is 1. The topological polar surface area (TPSA) is 80.3 Å². The Balaban J connectivity index is 1.67. The molecule has 1 heterocycles. The standard InChI is InChI=1S/C20H16ClN3O3/c1-27-20(26)13-3-2-4-16(11-13)24-19(25)18-10-9-17(12-22-18)23-15-7-5-14(21)6-8-15/h2-12,23H,1H3,(H,24,25). The van der Waals surface area contributed by atoms with Crippen molar-refractivity contribution in [3.63, 3.8) is 0 Å². The van der Waals surface area contributed by atoms with Crippen LogP contribution in [0.15, 0.2) is 66.9 Å². The first-order valence-corrected chi connectivity index (χ1v) is 8.41. The van der Waals surface area contributed by atoms with Crippen LogP contribution in [0.4, 0.5) is 17.1 Å². The first kappa shape index (κ1) is 18.4. The molecule has 0 radical (unpaired) electrons. The van der Waals surface area contributed by atoms with Gasteiger partial charge in [0.15, 0.2) is 0 Å². The Morgan fingerprint density at radius 1 is 0.963 bits per heavy atom. The maximum atomic E-state index is 12.3. The molecule has 0 saturated carbocycles. The summed E-state index contributed by atoms with van der Waals surface area (Å²) in [5.74, 6) is -0.850. The van der Waals surface area contributed by atoms with Crippen molar-refractivity contribution < 1.29 is 14.3 Å². The average Bonchev–Trinajstić information content (AvgIpc) is 2.70. The Morgan fingerprint density at radius 2 is 1.70 bits per heavy atom. The molecule has 2 aromatic carbocycles. The molecule has 0 saturated heterocycles. The van der Waals surface area contributed by atoms with Gasteiger partial charge < -0.3 is 15.4 Å². The molecular weight excluding hydrogens is 366 g/mol. The molecule has 2 N–H and O–H groups in total. The van der Waals surface area contributed by atoms with Crippen LogP contribution in [0.1, 0.15) is 20.8 Å². The van der Waals surface area contributed by atoms with Gasteiger partial charge in [0.05, 0.1) is 24.6 Å². The Labute approximate surface area is 161 Å². The second-order valence-electron chi connectivity index (χ2n) is 5.59. The molecule has 0 aliphatic heterocycles. The van der Waals surface area contributed by atoms with E-state index in [0.29, 0.717) is 16.3 Å². The second kappa shape index (κ2) is 8.33. The molecule has 0 bridgehead atoms. The molecule has 1 aromatic heterocycles. The van der Waals surface area contributed by atoms with E-state index in [0.717, 1.165) is 11.4 Å². The van der Waals surface area contributed by atoms with Gasteiger partial charge in [-0.15, -0.1) is 0 Å². The van der Waals surface area contributed by atoms with Crippen molar-refractivity contribution >= 4 is 40.5 Å². The third kappa shape index (κ3) is 4.83. The molecule has 136 valence electrons. The number of nitrogens with one attached hydrogen (secondary N) is 2. The van der Waals surface area contributed by atoms with Gasteiger partial charge in [0, 0.05) is 16.4 Å². The molecule has 7 heteroatoms. The number of hydrogen-bond acceptors (Lipinski definition) is 5. The van der Waals surface area contributed by atoms with Crippen LogP contribution >= 0.6 is 11.6 Å². The number of carbonyl (C=O) groups is 2. The van der Waals surface area contributed by atoms with Crippen molar-refractivity contribution in [2.75, 3.05) is 17.7 Å². The van der Waals surface area contributed by atoms with Gasteiger partial charge in [-0.3, -0.25) is 4.79 Å². The first-order chi connectivity index (χ1) is 13.0. The van der Waals surface area contributed by atoms with Crippen LogP contribution in [0.3, 0.4) is 0 Å². The monoisotopic (exact) mass is 381 g/mol. The lowest BCUT2D eigenvalue weighted by atomic mass is 10.2. The van der Waals surface area contributed by atoms with Gasteiger partial charge in [0.1, 0.15) is 5.69 Å². The molecule has 0 spiro atoms. The Bertz CT molecular complexity index is 957. The predicted molar refractivity (Wildman–Crippen MR) is 105 cm³/mol. The number of ether oxygens (including phenoxy) is 1. The number of benzene rings is 2. The third-order valence-electron chi connectivity index (χ3n) is 3.67. The number of anilines is 3. The van der Waals surface area contributed by atoms with E-state index in [2.05, 4.69) is 20.4 Å². The summed E-state index contributed by atoms with van der Waals surface area (Å²) in [6.07, 6.45) is 1.56. The Kier molecular flexibility index (Phi) is 5.68. The minimum Gasteiger partial charge on any atom is -0.465 e. The van der Waals surface area contributed by atoms with Gasteiger partial charge in [-0.25, -0.2) is 9.78 Å². The number of methoxy groups -OCH3 is 1. The lowest BCUT2D eigenvalue weighted by Gasteiger charge is -2.08. The Hall–Kier alpha value is -3.38. The zero-order chi connectivity index (χ0) is 19.2. The van der Waals surface area contributed by atoms with Gasteiger partial charge in [0.2, 0.25) is 0 Å². The van der Waals surface area contributed by atoms with Crippen LogP contribution < -0.4 is 10.6 Å². The number of rotatable bonds is 5. The molecule has 0 fully saturated rings. The number of carbonyl (C=O) groups excluding carboxylic acids is 2. The van der Waals surface area contributed by atoms with Crippen LogP contribution in [0, 0.1) is 0 Å². The van der Waals surface area contributed by atoms with E-state index in [4.69, 9.17) is 11.6 Å². The minimum absolute atomic E-state index is 0.250. The fourth-order valence-corrected chi connectivity index (χ4v) is 2.46. The lowest BCUT2D eigenvalue weighted by molar-refractivity contribution is 0.0600. The van der Waals surface area contributed by atoms with Gasteiger partial charge in [-0.05, 0) is 54.6 Å². The highest BCUT2D eigenvalue weighted by Gasteiger charge is 2.10. The van der Waals surface area contributed by atoms with Crippen LogP contribution in [-0.2, 0) is 4.74 Å². The van der Waals surface area contributed by atoms with E-state index < -0.39 is 5.97 Å². The summed E-state index contributed by atoms with van der Waals surface area (Å²) in [7, 11) is 1.30. The summed E-state index contributed by atoms with van der Waals surface area (Å²) >= 11 is 5.86. The fourth-order valence-electron chi connectivity index (χ4n) is 2.34. The summed E-state index contributed by atoms with van der Waals surface area (Å²) in [5.41, 5.74) is 2.68. The van der Waals surface area contributed by atoms with Crippen molar-refractivity contribution in [2.24, 2.45) is 0 Å². The lowest BCUT2D eigenvalue weighted by Crippen LogP contribution is -2.14. The highest BCUT2D eigenvalue weighted by Crippen LogP contribution is 2.19. The number of halogens is 1. The smallest absolute Gasteiger partial charge is 0.337 e. The average molecular weight is 382 g/mol. The highest BCUT2D eigenvalue weighted by atomic mass is 35.5. The van der Waals surface area contributed by atoms with Gasteiger partial charge >= 0.3 is 5.97 Å². The van der Waals surface area contributed by atoms with Crippen molar-refractivity contribution in [1.29, 1.82) is 0 Å². The molecule has 1 amide bonds. The van der Waals surface area contributed by atoms with Gasteiger partial charge in [-0.1, -0.05) is 17.7 Å². The van der Waals surface area contributed by atoms with Crippen molar-refractivity contribution in [2.45, 2.75) is 0 Å². The predicted octanol–water partition coefficient (Wildman–Crippen LogP) is 4.52. The largest absolute Gasteiger partial charge is 0.465 e. The molecule has 6 nitrogen and oxygen atoms in total. The zero-order valence-electron chi connectivity index (χ0n) is 14.4. The van der Waals surface area contributed by atoms with Crippen molar-refractivity contribution in [1.82, 2.24) is 4.98 Å². The van der Waals surface area contributed by atoms with E-state index in [9.17, 15) is 9.59 Å². The molecule has 27 heavy (non-hydrogen) atoms. The SMILES string of the molecule is COC(=O)c1cccc(NC(=O)c2ccc(Nc3ccc(Cl)cc3)cn2)c1. The summed E-state index contributed by atoms with van der Waals surface area (Å²) < 4.78 is 4.67. The molecule has 0 aliphatic rings. The van der Waals surface area contributed by atoms with Gasteiger partial charge in [0.25, 0.3) is 5.91 Å². The fraction of sp³-hybridized carbons (Fsp3) is 0.0500. The number of amides is 1. The molecule has 0 atom stereocenters. The maximum absolute atomic E-state index is 12.3. The zero-order valence-corrected chi connectivity index (χ0v) is 15.2. The van der Waals surface area contributed by atoms with Crippen LogP contribution in [0.5, 0.6) is 0 Å². The van der Waals surface area contributed by atoms with Gasteiger partial charge in [-0.2, -0.15) is 0 Å². The minimum atomic E-state index is -0.471. The summed E-state index contributed by atoms with van der Waals surface area (Å²) in [4.78, 5) is 28.1. The normalized spacial score (nSPS) is 10.1. The first-order valence-electron chi connectivity index (χ1n) is 8.03. The van der Waals surface area contributed by atoms with Crippen molar-refractivity contribution in [3.05, 3.63) is 83.1 Å². The van der Waals surface area contributed by atoms with E-state index in [1.165, 1.54) is 7.11 Å². The summed E-state index contributed by atoms with van der Waals surface area (Å²) in [6.45, 7) is 0. The number of hydrogen-bond donors (Lipinski definition) is 2. The van der Waals surface area contributed by atoms with E-state index in [1.54, 1.807) is 54.7 Å². The molecule has 0 aliphatic carbocycles. The second-order valence-corrected chi connectivity index (χ2v) is 6.03. The third-order valence-corrected chi connectivity index (χ3v) is 3.92. The summed E-state index contributed by atoms with van der Waals surface area (Å²) in [6, 6.07) is 17.1. The molecule has 3 rings (SSSR count). The maximum Gasteiger partial charge on any atom is 0.337 e. The Morgan fingerprint density at radius 3 is 2.37 bits per heavy atom. The van der Waals surface area contributed by atoms with Crippen LogP contribution in [-0.4, -0.2) is 24.0 Å². The van der Waals surface area contributed by atoms with E-state index >= 15 is 0 Å². The van der Waals surface area contributed by atoms with E-state index in [1.807, 2.05) is 12.1 Å². The van der Waals surface area contributed by atoms with Crippen LogP contribution in [0.2, 0.25) is 5.02 Å². The van der Waals surface area contributed by atoms with E-state index in [-0.39, 0.29) is 11.6 Å². The number of aromatic nitrogens is 1. The van der Waals surface area contributed by atoms with Crippen LogP contribution in [0.25, 0.3) is 0 Å². The summed E-state index contributed by atoms with van der Waals surface area (Å²) in [5, 5.41) is 6.53. The van der Waals surface area contributed by atoms with Crippen molar-refractivity contribution in [3.8, 4) is 0 Å². The molecule has 3 aromatic rings. The number of nitrogens with zero attached hydrogens (tertiary/aromatic N) is 1. The molecule has 0 unspecified atom stereocenters.